The van der Waals surface area contributed by atoms with Gasteiger partial charge in [0.15, 0.2) is 5.11 Å². The molecule has 0 saturated carbocycles. The van der Waals surface area contributed by atoms with E-state index in [0.29, 0.717) is 29.6 Å². The third-order valence-electron chi connectivity index (χ3n) is 2.30. The van der Waals surface area contributed by atoms with Crippen molar-refractivity contribution in [1.29, 1.82) is 0 Å². The maximum absolute atomic E-state index is 11.6. The van der Waals surface area contributed by atoms with Crippen molar-refractivity contribution in [1.82, 2.24) is 10.6 Å². The van der Waals surface area contributed by atoms with Crippen molar-refractivity contribution in [2.75, 3.05) is 6.61 Å². The standard InChI is InChI=1S/C14H19ClN2O2S/c1-10(2)16-14(20)17-13(18)4-3-9-19-12-7-5-11(15)6-8-12/h5-8,10H,3-4,9H2,1-2H3,(H2,16,17,18,20). The summed E-state index contributed by atoms with van der Waals surface area (Å²) in [5, 5.41) is 6.61. The number of halogens is 1. The summed E-state index contributed by atoms with van der Waals surface area (Å²) in [6, 6.07) is 7.32. The molecule has 0 saturated heterocycles. The van der Waals surface area contributed by atoms with Crippen LogP contribution in [0, 0.1) is 0 Å². The van der Waals surface area contributed by atoms with E-state index in [9.17, 15) is 4.79 Å². The molecule has 1 aromatic carbocycles. The smallest absolute Gasteiger partial charge is 0.226 e. The molecule has 1 amide bonds. The van der Waals surface area contributed by atoms with Crippen LogP contribution in [0.1, 0.15) is 26.7 Å². The molecule has 0 aromatic heterocycles. The van der Waals surface area contributed by atoms with Gasteiger partial charge in [-0.15, -0.1) is 0 Å². The molecule has 20 heavy (non-hydrogen) atoms. The van der Waals surface area contributed by atoms with Crippen LogP contribution in [-0.2, 0) is 4.79 Å². The number of carbonyl (C=O) groups excluding carboxylic acids is 1. The molecule has 0 unspecified atom stereocenters. The van der Waals surface area contributed by atoms with Crippen molar-refractivity contribution in [2.24, 2.45) is 0 Å². The average Bonchev–Trinajstić information content (AvgIpc) is 2.35. The zero-order valence-electron chi connectivity index (χ0n) is 11.6. The Balaban J connectivity index is 2.16. The first-order valence-electron chi connectivity index (χ1n) is 6.46. The maximum Gasteiger partial charge on any atom is 0.226 e. The molecule has 110 valence electrons. The van der Waals surface area contributed by atoms with Crippen molar-refractivity contribution < 1.29 is 9.53 Å². The molecule has 2 N–H and O–H groups in total. The molecule has 0 bridgehead atoms. The van der Waals surface area contributed by atoms with E-state index in [2.05, 4.69) is 10.6 Å². The van der Waals surface area contributed by atoms with Gasteiger partial charge in [0.1, 0.15) is 5.75 Å². The summed E-state index contributed by atoms with van der Waals surface area (Å²) in [4.78, 5) is 11.6. The lowest BCUT2D eigenvalue weighted by atomic mass is 10.3. The predicted octanol–water partition coefficient (Wildman–Crippen LogP) is 2.90. The molecule has 1 aromatic rings. The summed E-state index contributed by atoms with van der Waals surface area (Å²) in [6.45, 7) is 4.39. The van der Waals surface area contributed by atoms with Gasteiger partial charge in [-0.2, -0.15) is 0 Å². The van der Waals surface area contributed by atoms with Crippen LogP contribution in [0.25, 0.3) is 0 Å². The molecule has 6 heteroatoms. The van der Waals surface area contributed by atoms with Crippen LogP contribution in [0.15, 0.2) is 24.3 Å². The number of rotatable bonds is 6. The van der Waals surface area contributed by atoms with Gasteiger partial charge in [0.05, 0.1) is 6.61 Å². The molecule has 0 radical (unpaired) electrons. The fraction of sp³-hybridized carbons (Fsp3) is 0.429. The highest BCUT2D eigenvalue weighted by atomic mass is 35.5. The SMILES string of the molecule is CC(C)NC(=S)NC(=O)CCCOc1ccc(Cl)cc1. The molecule has 0 aliphatic carbocycles. The Morgan fingerprint density at radius 3 is 2.60 bits per heavy atom. The van der Waals surface area contributed by atoms with Gasteiger partial charge in [0, 0.05) is 17.5 Å². The molecule has 0 heterocycles. The summed E-state index contributed by atoms with van der Waals surface area (Å²) in [5.41, 5.74) is 0. The fourth-order valence-electron chi connectivity index (χ4n) is 1.44. The Kier molecular flexibility index (Phi) is 7.33. The highest BCUT2D eigenvalue weighted by molar-refractivity contribution is 7.80. The summed E-state index contributed by atoms with van der Waals surface area (Å²) in [5.74, 6) is 0.634. The van der Waals surface area contributed by atoms with Crippen molar-refractivity contribution >= 4 is 34.8 Å². The highest BCUT2D eigenvalue weighted by Gasteiger charge is 2.05. The van der Waals surface area contributed by atoms with E-state index in [1.54, 1.807) is 24.3 Å². The number of hydrogen-bond acceptors (Lipinski definition) is 3. The second kappa shape index (κ2) is 8.76. The van der Waals surface area contributed by atoms with Crippen molar-refractivity contribution in [2.45, 2.75) is 32.7 Å². The monoisotopic (exact) mass is 314 g/mol. The first-order chi connectivity index (χ1) is 9.47. The van der Waals surface area contributed by atoms with Gasteiger partial charge < -0.3 is 15.4 Å². The Morgan fingerprint density at radius 2 is 2.00 bits per heavy atom. The second-order valence-electron chi connectivity index (χ2n) is 4.58. The lowest BCUT2D eigenvalue weighted by Gasteiger charge is -2.12. The molecule has 0 atom stereocenters. The minimum atomic E-state index is -0.108. The molecule has 0 fully saturated rings. The van der Waals surface area contributed by atoms with Crippen LogP contribution in [0.5, 0.6) is 5.75 Å². The normalized spacial score (nSPS) is 10.2. The van der Waals surface area contributed by atoms with Crippen LogP contribution >= 0.6 is 23.8 Å². The van der Waals surface area contributed by atoms with Gasteiger partial charge in [0.25, 0.3) is 0 Å². The molecular formula is C14H19ClN2O2S. The van der Waals surface area contributed by atoms with Gasteiger partial charge in [0.2, 0.25) is 5.91 Å². The Morgan fingerprint density at radius 1 is 1.35 bits per heavy atom. The molecule has 0 aliphatic rings. The third-order valence-corrected chi connectivity index (χ3v) is 2.78. The summed E-state index contributed by atoms with van der Waals surface area (Å²) in [7, 11) is 0. The third kappa shape index (κ3) is 7.31. The zero-order chi connectivity index (χ0) is 15.0. The summed E-state index contributed by atoms with van der Waals surface area (Å²) in [6.07, 6.45) is 0.992. The van der Waals surface area contributed by atoms with Crippen LogP contribution < -0.4 is 15.4 Å². The quantitative estimate of drug-likeness (QED) is 0.626. The molecule has 1 rings (SSSR count). The van der Waals surface area contributed by atoms with E-state index in [0.717, 1.165) is 5.75 Å². The fourth-order valence-corrected chi connectivity index (χ4v) is 1.92. The van der Waals surface area contributed by atoms with E-state index in [1.165, 1.54) is 0 Å². The van der Waals surface area contributed by atoms with Crippen molar-refractivity contribution in [3.8, 4) is 5.75 Å². The van der Waals surface area contributed by atoms with E-state index < -0.39 is 0 Å². The van der Waals surface area contributed by atoms with Gasteiger partial charge in [-0.05, 0) is 56.8 Å². The van der Waals surface area contributed by atoms with Crippen LogP contribution in [0.4, 0.5) is 0 Å². The second-order valence-corrected chi connectivity index (χ2v) is 5.43. The minimum Gasteiger partial charge on any atom is -0.494 e. The number of amides is 1. The molecule has 0 aliphatic heterocycles. The number of nitrogens with one attached hydrogen (secondary N) is 2. The van der Waals surface area contributed by atoms with E-state index in [1.807, 2.05) is 13.8 Å². The number of thiocarbonyl (C=S) groups is 1. The predicted molar refractivity (Wildman–Crippen MR) is 85.2 cm³/mol. The number of carbonyl (C=O) groups is 1. The van der Waals surface area contributed by atoms with Crippen LogP contribution in [0.2, 0.25) is 5.02 Å². The summed E-state index contributed by atoms with van der Waals surface area (Å²) < 4.78 is 5.49. The number of benzene rings is 1. The number of hydrogen-bond donors (Lipinski definition) is 2. The van der Waals surface area contributed by atoms with E-state index >= 15 is 0 Å². The molecule has 4 nitrogen and oxygen atoms in total. The minimum absolute atomic E-state index is 0.108. The summed E-state index contributed by atoms with van der Waals surface area (Å²) >= 11 is 10.8. The Bertz CT molecular complexity index is 449. The van der Waals surface area contributed by atoms with Crippen molar-refractivity contribution in [3.63, 3.8) is 0 Å². The highest BCUT2D eigenvalue weighted by Crippen LogP contribution is 2.15. The van der Waals surface area contributed by atoms with Gasteiger partial charge in [-0.3, -0.25) is 4.79 Å². The van der Waals surface area contributed by atoms with Crippen LogP contribution in [-0.4, -0.2) is 23.7 Å². The Hall–Kier alpha value is -1.33. The molecular weight excluding hydrogens is 296 g/mol. The lowest BCUT2D eigenvalue weighted by Crippen LogP contribution is -2.42. The number of ether oxygens (including phenoxy) is 1. The first-order valence-corrected chi connectivity index (χ1v) is 7.24. The Labute approximate surface area is 129 Å². The van der Waals surface area contributed by atoms with E-state index in [4.69, 9.17) is 28.6 Å². The molecule has 0 spiro atoms. The van der Waals surface area contributed by atoms with E-state index in [-0.39, 0.29) is 11.9 Å². The average molecular weight is 315 g/mol. The largest absolute Gasteiger partial charge is 0.494 e. The van der Waals surface area contributed by atoms with Gasteiger partial charge in [-0.1, -0.05) is 11.6 Å². The first kappa shape index (κ1) is 16.7. The maximum atomic E-state index is 11.6. The zero-order valence-corrected chi connectivity index (χ0v) is 13.2. The van der Waals surface area contributed by atoms with Gasteiger partial charge >= 0.3 is 0 Å². The van der Waals surface area contributed by atoms with Crippen LogP contribution in [0.3, 0.4) is 0 Å². The topological polar surface area (TPSA) is 50.4 Å². The van der Waals surface area contributed by atoms with Crippen molar-refractivity contribution in [3.05, 3.63) is 29.3 Å². The lowest BCUT2D eigenvalue weighted by molar-refractivity contribution is -0.119. The van der Waals surface area contributed by atoms with Gasteiger partial charge in [-0.25, -0.2) is 0 Å².